The summed E-state index contributed by atoms with van der Waals surface area (Å²) >= 11 is 0. The van der Waals surface area contributed by atoms with Crippen LogP contribution in [0, 0.1) is 0 Å². The van der Waals surface area contributed by atoms with Crippen molar-refractivity contribution in [3.05, 3.63) is 60.7 Å². The van der Waals surface area contributed by atoms with Crippen LogP contribution in [0.5, 0.6) is 0 Å². The Morgan fingerprint density at radius 3 is 1.13 bits per heavy atom. The topological polar surface area (TPSA) is 0 Å². The Bertz CT molecular complexity index is 316. The minimum absolute atomic E-state index is 1.08. The van der Waals surface area contributed by atoms with Gasteiger partial charge in [0.25, 0.3) is 0 Å². The van der Waals surface area contributed by atoms with Crippen molar-refractivity contribution in [2.75, 3.05) is 0 Å². The summed E-state index contributed by atoms with van der Waals surface area (Å²) in [6.07, 6.45) is 0. The zero-order valence-electron chi connectivity index (χ0n) is 9.27. The van der Waals surface area contributed by atoms with Gasteiger partial charge in [0.2, 0.25) is 0 Å². The highest BCUT2D eigenvalue weighted by atomic mass is 28.2. The zero-order chi connectivity index (χ0) is 10.9. The summed E-state index contributed by atoms with van der Waals surface area (Å²) < 4.78 is 0. The molecule has 0 aliphatic heterocycles. The highest BCUT2D eigenvalue weighted by Crippen LogP contribution is 2.17. The molecule has 2 aromatic carbocycles. The smallest absolute Gasteiger partial charge is 0.0307 e. The van der Waals surface area contributed by atoms with E-state index in [2.05, 4.69) is 61.6 Å². The summed E-state index contributed by atoms with van der Waals surface area (Å²) in [6.45, 7) is 4.31. The maximum Gasteiger partial charge on any atom is 0.0307 e. The van der Waals surface area contributed by atoms with E-state index in [1.54, 1.807) is 0 Å². The molecule has 0 aliphatic rings. The van der Waals surface area contributed by atoms with Crippen LogP contribution in [-0.2, 0) is 0 Å². The SMILES string of the molecule is C[Si]C.c1ccc(-c2ccccc2)cc1. The van der Waals surface area contributed by atoms with E-state index >= 15 is 0 Å². The Hall–Kier alpha value is -1.34. The van der Waals surface area contributed by atoms with E-state index < -0.39 is 0 Å². The first-order chi connectivity index (χ1) is 7.38. The number of rotatable bonds is 1. The predicted octanol–water partition coefficient (Wildman–Crippen LogP) is 4.14. The molecule has 0 heterocycles. The molecular weight excluding hydrogens is 196 g/mol. The van der Waals surface area contributed by atoms with Gasteiger partial charge < -0.3 is 0 Å². The lowest BCUT2D eigenvalue weighted by molar-refractivity contribution is 1.62. The lowest BCUT2D eigenvalue weighted by Crippen LogP contribution is -1.73. The van der Waals surface area contributed by atoms with E-state index in [1.165, 1.54) is 11.1 Å². The normalized spacial score (nSPS) is 8.93. The molecule has 2 rings (SSSR count). The van der Waals surface area contributed by atoms with Crippen molar-refractivity contribution >= 4 is 9.52 Å². The van der Waals surface area contributed by atoms with Crippen molar-refractivity contribution in [1.82, 2.24) is 0 Å². The summed E-state index contributed by atoms with van der Waals surface area (Å²) in [5.41, 5.74) is 2.55. The highest BCUT2D eigenvalue weighted by molar-refractivity contribution is 6.31. The summed E-state index contributed by atoms with van der Waals surface area (Å²) in [5.74, 6) is 0. The quantitative estimate of drug-likeness (QED) is 0.623. The Morgan fingerprint density at radius 2 is 0.867 bits per heavy atom. The molecule has 0 spiro atoms. The van der Waals surface area contributed by atoms with Crippen LogP contribution in [0.25, 0.3) is 11.1 Å². The van der Waals surface area contributed by atoms with Crippen LogP contribution in [0.4, 0.5) is 0 Å². The molecule has 0 atom stereocenters. The highest BCUT2D eigenvalue weighted by Gasteiger charge is 1.91. The van der Waals surface area contributed by atoms with Crippen LogP contribution < -0.4 is 0 Å². The van der Waals surface area contributed by atoms with Crippen molar-refractivity contribution in [3.63, 3.8) is 0 Å². The van der Waals surface area contributed by atoms with Gasteiger partial charge in [-0.1, -0.05) is 73.8 Å². The van der Waals surface area contributed by atoms with Gasteiger partial charge in [0, 0.05) is 9.52 Å². The molecule has 76 valence electrons. The first-order valence-electron chi connectivity index (χ1n) is 5.07. The van der Waals surface area contributed by atoms with Gasteiger partial charge in [-0.05, 0) is 11.1 Å². The van der Waals surface area contributed by atoms with Gasteiger partial charge in [0.1, 0.15) is 0 Å². The van der Waals surface area contributed by atoms with Gasteiger partial charge in [-0.2, -0.15) is 0 Å². The van der Waals surface area contributed by atoms with Crippen molar-refractivity contribution in [1.29, 1.82) is 0 Å². The van der Waals surface area contributed by atoms with E-state index in [1.807, 2.05) is 12.1 Å². The summed E-state index contributed by atoms with van der Waals surface area (Å²) in [6, 6.07) is 20.8. The van der Waals surface area contributed by atoms with E-state index in [0.29, 0.717) is 0 Å². The van der Waals surface area contributed by atoms with Crippen LogP contribution in [0.15, 0.2) is 60.7 Å². The maximum absolute atomic E-state index is 2.15. The molecule has 0 aromatic heterocycles. The second-order valence-electron chi connectivity index (χ2n) is 3.23. The fourth-order valence-corrected chi connectivity index (χ4v) is 1.26. The maximum atomic E-state index is 2.15. The Morgan fingerprint density at radius 1 is 0.600 bits per heavy atom. The lowest BCUT2D eigenvalue weighted by Gasteiger charge is -1.98. The first-order valence-corrected chi connectivity index (χ1v) is 7.07. The molecule has 15 heavy (non-hydrogen) atoms. The molecule has 0 amide bonds. The van der Waals surface area contributed by atoms with Crippen LogP contribution in [0.3, 0.4) is 0 Å². The molecular formula is C14H16Si. The van der Waals surface area contributed by atoms with Gasteiger partial charge in [-0.15, -0.1) is 0 Å². The largest absolute Gasteiger partial charge is 0.0735 e. The fourth-order valence-electron chi connectivity index (χ4n) is 1.26. The van der Waals surface area contributed by atoms with Crippen LogP contribution >= 0.6 is 0 Å². The molecule has 0 nitrogen and oxygen atoms in total. The molecule has 0 unspecified atom stereocenters. The summed E-state index contributed by atoms with van der Waals surface area (Å²) in [5, 5.41) is 0. The molecule has 0 saturated carbocycles. The summed E-state index contributed by atoms with van der Waals surface area (Å²) in [4.78, 5) is 0. The van der Waals surface area contributed by atoms with Crippen molar-refractivity contribution in [2.24, 2.45) is 0 Å². The second-order valence-corrected chi connectivity index (χ2v) is 4.23. The first kappa shape index (κ1) is 11.7. The third-order valence-corrected chi connectivity index (χ3v) is 1.88. The average molecular weight is 212 g/mol. The molecule has 0 aliphatic carbocycles. The molecule has 0 saturated heterocycles. The monoisotopic (exact) mass is 212 g/mol. The standard InChI is InChI=1S/C12H10.C2H6Si/c1-3-7-11(8-4-1)12-9-5-2-6-10-12;1-3-2/h1-10H;1-2H3. The van der Waals surface area contributed by atoms with Gasteiger partial charge in [-0.3, -0.25) is 0 Å². The molecule has 0 fully saturated rings. The summed E-state index contributed by atoms with van der Waals surface area (Å²) in [7, 11) is 1.08. The van der Waals surface area contributed by atoms with E-state index in [-0.39, 0.29) is 0 Å². The Kier molecular flexibility index (Phi) is 5.49. The van der Waals surface area contributed by atoms with Gasteiger partial charge in [0.05, 0.1) is 0 Å². The molecule has 1 heteroatoms. The third kappa shape index (κ3) is 4.13. The Balaban J connectivity index is 0.000000337. The average Bonchev–Trinajstić information content (AvgIpc) is 2.32. The van der Waals surface area contributed by atoms with Crippen LogP contribution in [-0.4, -0.2) is 9.52 Å². The lowest BCUT2D eigenvalue weighted by atomic mass is 10.1. The van der Waals surface area contributed by atoms with E-state index in [0.717, 1.165) is 9.52 Å². The fraction of sp³-hybridized carbons (Fsp3) is 0.143. The van der Waals surface area contributed by atoms with Crippen molar-refractivity contribution in [2.45, 2.75) is 13.1 Å². The molecule has 0 bridgehead atoms. The van der Waals surface area contributed by atoms with Gasteiger partial charge >= 0.3 is 0 Å². The second kappa shape index (κ2) is 7.02. The third-order valence-electron chi connectivity index (χ3n) is 1.88. The van der Waals surface area contributed by atoms with Crippen molar-refractivity contribution < 1.29 is 0 Å². The molecule has 2 radical (unpaired) electrons. The van der Waals surface area contributed by atoms with E-state index in [4.69, 9.17) is 0 Å². The Labute approximate surface area is 94.8 Å². The van der Waals surface area contributed by atoms with Gasteiger partial charge in [0.15, 0.2) is 0 Å². The van der Waals surface area contributed by atoms with E-state index in [9.17, 15) is 0 Å². The molecule has 2 aromatic rings. The predicted molar refractivity (Wildman–Crippen MR) is 69.4 cm³/mol. The minimum atomic E-state index is 1.08. The van der Waals surface area contributed by atoms with Gasteiger partial charge in [-0.25, -0.2) is 0 Å². The van der Waals surface area contributed by atoms with Crippen LogP contribution in [0.2, 0.25) is 13.1 Å². The van der Waals surface area contributed by atoms with Crippen LogP contribution in [0.1, 0.15) is 0 Å². The van der Waals surface area contributed by atoms with Crippen molar-refractivity contribution in [3.8, 4) is 11.1 Å². The number of hydrogen-bond acceptors (Lipinski definition) is 0. The number of benzene rings is 2. The molecule has 0 N–H and O–H groups in total. The zero-order valence-corrected chi connectivity index (χ0v) is 10.3. The minimum Gasteiger partial charge on any atom is -0.0735 e. The number of hydrogen-bond donors (Lipinski definition) is 0.